The summed E-state index contributed by atoms with van der Waals surface area (Å²) in [5.74, 6) is 0.304. The van der Waals surface area contributed by atoms with Gasteiger partial charge in [-0.25, -0.2) is 4.39 Å². The fourth-order valence-electron chi connectivity index (χ4n) is 2.56. The monoisotopic (exact) mass is 285 g/mol. The van der Waals surface area contributed by atoms with Gasteiger partial charge in [0.1, 0.15) is 5.82 Å². The van der Waals surface area contributed by atoms with Gasteiger partial charge in [0.15, 0.2) is 0 Å². The predicted molar refractivity (Wildman–Crippen MR) is 86.6 cm³/mol. The summed E-state index contributed by atoms with van der Waals surface area (Å²) in [6.45, 7) is 7.08. The van der Waals surface area contributed by atoms with E-state index in [1.54, 1.807) is 6.07 Å². The summed E-state index contributed by atoms with van der Waals surface area (Å²) in [7, 11) is 0. The van der Waals surface area contributed by atoms with Crippen LogP contribution in [0.4, 0.5) is 4.39 Å². The van der Waals surface area contributed by atoms with Crippen LogP contribution in [0.2, 0.25) is 0 Å². The first kappa shape index (κ1) is 15.7. The minimum absolute atomic E-state index is 0.145. The van der Waals surface area contributed by atoms with E-state index in [4.69, 9.17) is 0 Å². The molecule has 0 saturated heterocycles. The zero-order chi connectivity index (χ0) is 15.2. The number of rotatable bonds is 6. The number of hydrogen-bond donors (Lipinski definition) is 1. The van der Waals surface area contributed by atoms with Crippen molar-refractivity contribution in [2.45, 2.75) is 39.8 Å². The molecule has 21 heavy (non-hydrogen) atoms. The SMILES string of the molecule is CCc1ccc(C(NCc2ccccc2F)C(C)C)cc1. The second kappa shape index (κ2) is 7.37. The Bertz CT molecular complexity index is 560. The van der Waals surface area contributed by atoms with E-state index < -0.39 is 0 Å². The summed E-state index contributed by atoms with van der Waals surface area (Å²) in [5, 5.41) is 3.49. The third-order valence-electron chi connectivity index (χ3n) is 3.88. The maximum absolute atomic E-state index is 13.7. The lowest BCUT2D eigenvalue weighted by atomic mass is 9.94. The Balaban J connectivity index is 2.10. The highest BCUT2D eigenvalue weighted by atomic mass is 19.1. The highest BCUT2D eigenvalue weighted by Crippen LogP contribution is 2.23. The lowest BCUT2D eigenvalue weighted by Gasteiger charge is -2.23. The maximum Gasteiger partial charge on any atom is 0.127 e. The zero-order valence-corrected chi connectivity index (χ0v) is 13.1. The van der Waals surface area contributed by atoms with Gasteiger partial charge in [-0.1, -0.05) is 63.2 Å². The highest BCUT2D eigenvalue weighted by molar-refractivity contribution is 5.26. The Hall–Kier alpha value is -1.67. The van der Waals surface area contributed by atoms with E-state index in [2.05, 4.69) is 50.4 Å². The minimum atomic E-state index is -0.145. The molecule has 1 nitrogen and oxygen atoms in total. The van der Waals surface area contributed by atoms with Gasteiger partial charge in [0, 0.05) is 18.2 Å². The number of aryl methyl sites for hydroxylation is 1. The summed E-state index contributed by atoms with van der Waals surface area (Å²) in [6, 6.07) is 15.9. The number of hydrogen-bond acceptors (Lipinski definition) is 1. The Morgan fingerprint density at radius 1 is 1.00 bits per heavy atom. The standard InChI is InChI=1S/C19H24FN/c1-4-15-9-11-16(12-10-15)19(14(2)3)21-13-17-7-5-6-8-18(17)20/h5-12,14,19,21H,4,13H2,1-3H3. The van der Waals surface area contributed by atoms with Crippen LogP contribution in [0.1, 0.15) is 43.5 Å². The molecule has 0 aromatic heterocycles. The Kier molecular flexibility index (Phi) is 5.51. The fraction of sp³-hybridized carbons (Fsp3) is 0.368. The van der Waals surface area contributed by atoms with Gasteiger partial charge < -0.3 is 5.32 Å². The second-order valence-electron chi connectivity index (χ2n) is 5.79. The Morgan fingerprint density at radius 2 is 1.67 bits per heavy atom. The zero-order valence-electron chi connectivity index (χ0n) is 13.1. The van der Waals surface area contributed by atoms with Gasteiger partial charge in [0.05, 0.1) is 0 Å². The molecule has 0 bridgehead atoms. The van der Waals surface area contributed by atoms with Crippen LogP contribution in [0.5, 0.6) is 0 Å². The summed E-state index contributed by atoms with van der Waals surface area (Å²) in [6.07, 6.45) is 1.05. The Labute approximate surface area is 127 Å². The van der Waals surface area contributed by atoms with Crippen LogP contribution in [0, 0.1) is 11.7 Å². The lowest BCUT2D eigenvalue weighted by molar-refractivity contribution is 0.406. The molecule has 0 aliphatic heterocycles. The first-order valence-corrected chi connectivity index (χ1v) is 7.67. The summed E-state index contributed by atoms with van der Waals surface area (Å²) < 4.78 is 13.7. The van der Waals surface area contributed by atoms with Crippen LogP contribution < -0.4 is 5.32 Å². The summed E-state index contributed by atoms with van der Waals surface area (Å²) >= 11 is 0. The van der Waals surface area contributed by atoms with E-state index in [0.29, 0.717) is 18.0 Å². The average Bonchev–Trinajstić information content (AvgIpc) is 2.49. The van der Waals surface area contributed by atoms with Gasteiger partial charge in [-0.2, -0.15) is 0 Å². The van der Waals surface area contributed by atoms with Crippen molar-refractivity contribution < 1.29 is 4.39 Å². The van der Waals surface area contributed by atoms with Crippen molar-refractivity contribution in [1.82, 2.24) is 5.32 Å². The fourth-order valence-corrected chi connectivity index (χ4v) is 2.56. The largest absolute Gasteiger partial charge is 0.306 e. The van der Waals surface area contributed by atoms with Gasteiger partial charge in [0.2, 0.25) is 0 Å². The van der Waals surface area contributed by atoms with Crippen molar-refractivity contribution in [1.29, 1.82) is 0 Å². The number of nitrogens with one attached hydrogen (secondary N) is 1. The van der Waals surface area contributed by atoms with Crippen molar-refractivity contribution >= 4 is 0 Å². The average molecular weight is 285 g/mol. The molecule has 1 N–H and O–H groups in total. The lowest BCUT2D eigenvalue weighted by Crippen LogP contribution is -2.25. The molecule has 2 heteroatoms. The molecule has 0 fully saturated rings. The normalized spacial score (nSPS) is 12.6. The quantitative estimate of drug-likeness (QED) is 0.798. The predicted octanol–water partition coefficient (Wildman–Crippen LogP) is 4.88. The van der Waals surface area contributed by atoms with Crippen molar-refractivity contribution in [3.05, 3.63) is 71.0 Å². The first-order chi connectivity index (χ1) is 10.1. The van der Waals surface area contributed by atoms with Crippen molar-refractivity contribution in [2.24, 2.45) is 5.92 Å². The van der Waals surface area contributed by atoms with Gasteiger partial charge in [0.25, 0.3) is 0 Å². The van der Waals surface area contributed by atoms with E-state index in [9.17, 15) is 4.39 Å². The molecule has 2 rings (SSSR count). The van der Waals surface area contributed by atoms with Crippen LogP contribution in [-0.2, 0) is 13.0 Å². The third-order valence-corrected chi connectivity index (χ3v) is 3.88. The molecule has 1 atom stereocenters. The van der Waals surface area contributed by atoms with E-state index in [1.807, 2.05) is 12.1 Å². The molecule has 2 aromatic carbocycles. The summed E-state index contributed by atoms with van der Waals surface area (Å²) in [4.78, 5) is 0. The molecule has 0 amide bonds. The third kappa shape index (κ3) is 4.15. The molecule has 0 aliphatic carbocycles. The van der Waals surface area contributed by atoms with Gasteiger partial charge in [-0.05, 0) is 29.5 Å². The molecular weight excluding hydrogens is 261 g/mol. The van der Waals surface area contributed by atoms with Crippen LogP contribution in [0.3, 0.4) is 0 Å². The number of benzene rings is 2. The van der Waals surface area contributed by atoms with Crippen LogP contribution in [-0.4, -0.2) is 0 Å². The first-order valence-electron chi connectivity index (χ1n) is 7.67. The van der Waals surface area contributed by atoms with Gasteiger partial charge in [-0.3, -0.25) is 0 Å². The van der Waals surface area contributed by atoms with Crippen LogP contribution in [0.15, 0.2) is 48.5 Å². The molecular formula is C19H24FN. The summed E-state index contributed by atoms with van der Waals surface area (Å²) in [5.41, 5.74) is 3.32. The van der Waals surface area contributed by atoms with E-state index in [0.717, 1.165) is 6.42 Å². The van der Waals surface area contributed by atoms with Crippen molar-refractivity contribution in [3.63, 3.8) is 0 Å². The van der Waals surface area contributed by atoms with E-state index in [1.165, 1.54) is 17.2 Å². The maximum atomic E-state index is 13.7. The van der Waals surface area contributed by atoms with Crippen molar-refractivity contribution in [2.75, 3.05) is 0 Å². The molecule has 1 unspecified atom stereocenters. The van der Waals surface area contributed by atoms with E-state index in [-0.39, 0.29) is 11.9 Å². The van der Waals surface area contributed by atoms with Crippen LogP contribution >= 0.6 is 0 Å². The molecule has 0 saturated carbocycles. The topological polar surface area (TPSA) is 12.0 Å². The van der Waals surface area contributed by atoms with Gasteiger partial charge >= 0.3 is 0 Å². The Morgan fingerprint density at radius 3 is 2.24 bits per heavy atom. The molecule has 0 spiro atoms. The van der Waals surface area contributed by atoms with E-state index >= 15 is 0 Å². The molecule has 0 aliphatic rings. The van der Waals surface area contributed by atoms with Gasteiger partial charge in [-0.15, -0.1) is 0 Å². The van der Waals surface area contributed by atoms with Crippen LogP contribution in [0.25, 0.3) is 0 Å². The molecule has 2 aromatic rings. The molecule has 0 heterocycles. The molecule has 0 radical (unpaired) electrons. The molecule has 112 valence electrons. The number of halogens is 1. The van der Waals surface area contributed by atoms with Crippen molar-refractivity contribution in [3.8, 4) is 0 Å². The smallest absolute Gasteiger partial charge is 0.127 e. The minimum Gasteiger partial charge on any atom is -0.306 e. The second-order valence-corrected chi connectivity index (χ2v) is 5.79. The highest BCUT2D eigenvalue weighted by Gasteiger charge is 2.15.